The molecule has 0 aliphatic heterocycles. The molecule has 3 aromatic rings. The van der Waals surface area contributed by atoms with E-state index in [-0.39, 0.29) is 16.4 Å². The van der Waals surface area contributed by atoms with Gasteiger partial charge < -0.3 is 4.74 Å². The maximum atomic E-state index is 13.0. The number of rotatable bonds is 6. The Balaban J connectivity index is 1.97. The lowest BCUT2D eigenvalue weighted by Gasteiger charge is -2.20. The summed E-state index contributed by atoms with van der Waals surface area (Å²) in [5, 5.41) is 0. The van der Waals surface area contributed by atoms with Crippen LogP contribution in [0.5, 0.6) is 5.75 Å². The Morgan fingerprint density at radius 2 is 1.57 bits per heavy atom. The van der Waals surface area contributed by atoms with E-state index >= 15 is 0 Å². The van der Waals surface area contributed by atoms with Gasteiger partial charge in [-0.1, -0.05) is 13.8 Å². The van der Waals surface area contributed by atoms with E-state index < -0.39 is 10.0 Å². The summed E-state index contributed by atoms with van der Waals surface area (Å²) in [6, 6.07) is 13.1. The monoisotopic (exact) mass is 429 g/mol. The van der Waals surface area contributed by atoms with Crippen LogP contribution in [0.3, 0.4) is 0 Å². The van der Waals surface area contributed by atoms with E-state index in [0.29, 0.717) is 17.1 Å². The van der Waals surface area contributed by atoms with Crippen molar-refractivity contribution in [3.63, 3.8) is 0 Å². The number of hydrogen-bond donors (Lipinski definition) is 0. The molecular weight excluding hydrogens is 402 g/mol. The van der Waals surface area contributed by atoms with E-state index in [9.17, 15) is 13.2 Å². The lowest BCUT2D eigenvalue weighted by Crippen LogP contribution is -2.26. The highest BCUT2D eigenvalue weighted by Gasteiger charge is 2.23. The molecule has 2 aromatic carbocycles. The first-order valence-electron chi connectivity index (χ1n) is 9.61. The smallest absolute Gasteiger partial charge is 0.275 e. The quantitative estimate of drug-likeness (QED) is 0.602. The van der Waals surface area contributed by atoms with Crippen LogP contribution in [0.15, 0.2) is 58.2 Å². The van der Waals surface area contributed by atoms with Gasteiger partial charge in [-0.3, -0.25) is 13.8 Å². The average Bonchev–Trinajstić information content (AvgIpc) is 2.96. The van der Waals surface area contributed by atoms with Gasteiger partial charge in [-0.05, 0) is 61.4 Å². The molecule has 3 rings (SSSR count). The molecule has 1 aromatic heterocycles. The number of ether oxygens (including phenoxy) is 1. The summed E-state index contributed by atoms with van der Waals surface area (Å²) in [5.41, 5.74) is 2.70. The van der Waals surface area contributed by atoms with Crippen LogP contribution in [0.1, 0.15) is 31.0 Å². The van der Waals surface area contributed by atoms with Crippen LogP contribution in [0, 0.1) is 6.92 Å². The van der Waals surface area contributed by atoms with E-state index in [2.05, 4.69) is 0 Å². The number of benzene rings is 2. The topological polar surface area (TPSA) is 73.5 Å². The van der Waals surface area contributed by atoms with Gasteiger partial charge in [-0.2, -0.15) is 0 Å². The van der Waals surface area contributed by atoms with E-state index in [1.807, 2.05) is 27.8 Å². The summed E-state index contributed by atoms with van der Waals surface area (Å²) in [6.07, 6.45) is 0. The highest BCUT2D eigenvalue weighted by molar-refractivity contribution is 7.92. The summed E-state index contributed by atoms with van der Waals surface area (Å²) < 4.78 is 35.8. The molecule has 0 unspecified atom stereocenters. The predicted octanol–water partition coefficient (Wildman–Crippen LogP) is 3.44. The third-order valence-corrected chi connectivity index (χ3v) is 7.15. The zero-order valence-corrected chi connectivity index (χ0v) is 18.9. The maximum Gasteiger partial charge on any atom is 0.275 e. The van der Waals surface area contributed by atoms with Gasteiger partial charge in [-0.15, -0.1) is 0 Å². The van der Waals surface area contributed by atoms with Gasteiger partial charge in [0.15, 0.2) is 0 Å². The van der Waals surface area contributed by atoms with Gasteiger partial charge in [0.25, 0.3) is 15.6 Å². The Hall–Kier alpha value is -3.00. The molecule has 0 aliphatic rings. The second-order valence-electron chi connectivity index (χ2n) is 7.46. The average molecular weight is 430 g/mol. The minimum absolute atomic E-state index is 0.0871. The molecule has 0 atom stereocenters. The van der Waals surface area contributed by atoms with Gasteiger partial charge in [0.1, 0.15) is 5.75 Å². The van der Waals surface area contributed by atoms with E-state index in [1.165, 1.54) is 23.5 Å². The van der Waals surface area contributed by atoms with Crippen LogP contribution >= 0.6 is 0 Å². The molecule has 0 amide bonds. The second kappa shape index (κ2) is 8.02. The molecule has 160 valence electrons. The minimum atomic E-state index is -3.75. The van der Waals surface area contributed by atoms with Gasteiger partial charge in [-0.25, -0.2) is 13.1 Å². The lowest BCUT2D eigenvalue weighted by molar-refractivity contribution is 0.415. The largest absolute Gasteiger partial charge is 0.497 e. The molecule has 7 nitrogen and oxygen atoms in total. The van der Waals surface area contributed by atoms with Crippen LogP contribution in [-0.4, -0.2) is 31.9 Å². The first-order chi connectivity index (χ1) is 14.1. The summed E-state index contributed by atoms with van der Waals surface area (Å²) in [4.78, 5) is 13.0. The highest BCUT2D eigenvalue weighted by atomic mass is 32.2. The fourth-order valence-electron chi connectivity index (χ4n) is 3.53. The molecule has 0 spiro atoms. The maximum absolute atomic E-state index is 13.0. The van der Waals surface area contributed by atoms with Crippen molar-refractivity contribution < 1.29 is 13.2 Å². The molecule has 0 aliphatic carbocycles. The van der Waals surface area contributed by atoms with Gasteiger partial charge in [0.2, 0.25) is 0 Å². The SMILES string of the molecule is COc1ccc(N(C)S(=O)(=O)c2ccc(-n3c(=O)c(C(C)C)c(C)n3C)cc2)cc1. The Morgan fingerprint density at radius 3 is 2.03 bits per heavy atom. The Kier molecular flexibility index (Phi) is 5.81. The first kappa shape index (κ1) is 21.7. The minimum Gasteiger partial charge on any atom is -0.497 e. The Labute approximate surface area is 177 Å². The van der Waals surface area contributed by atoms with E-state index in [0.717, 1.165) is 11.3 Å². The van der Waals surface area contributed by atoms with Crippen molar-refractivity contribution in [3.05, 3.63) is 70.1 Å². The first-order valence-corrected chi connectivity index (χ1v) is 11.1. The van der Waals surface area contributed by atoms with Crippen LogP contribution < -0.4 is 14.6 Å². The van der Waals surface area contributed by atoms with Crippen molar-refractivity contribution in [2.24, 2.45) is 7.05 Å². The van der Waals surface area contributed by atoms with Crippen molar-refractivity contribution in [1.29, 1.82) is 0 Å². The number of hydrogen-bond acceptors (Lipinski definition) is 4. The molecule has 0 saturated heterocycles. The summed E-state index contributed by atoms with van der Waals surface area (Å²) in [5.74, 6) is 0.751. The fourth-order valence-corrected chi connectivity index (χ4v) is 4.73. The number of methoxy groups -OCH3 is 1. The van der Waals surface area contributed by atoms with Crippen LogP contribution in [0.2, 0.25) is 0 Å². The lowest BCUT2D eigenvalue weighted by atomic mass is 10.0. The second-order valence-corrected chi connectivity index (χ2v) is 9.43. The van der Waals surface area contributed by atoms with Crippen LogP contribution in [0.25, 0.3) is 5.69 Å². The third-order valence-electron chi connectivity index (χ3n) is 5.35. The summed E-state index contributed by atoms with van der Waals surface area (Å²) in [6.45, 7) is 5.88. The molecule has 1 heterocycles. The van der Waals surface area contributed by atoms with E-state index in [1.54, 1.807) is 52.9 Å². The van der Waals surface area contributed by atoms with Gasteiger partial charge in [0, 0.05) is 25.4 Å². The molecule has 0 saturated carbocycles. The fraction of sp³-hybridized carbons (Fsp3) is 0.318. The van der Waals surface area contributed by atoms with Gasteiger partial charge in [0.05, 0.1) is 23.4 Å². The molecular formula is C22H27N3O4S. The number of sulfonamides is 1. The highest BCUT2D eigenvalue weighted by Crippen LogP contribution is 2.25. The van der Waals surface area contributed by atoms with Crippen molar-refractivity contribution in [3.8, 4) is 11.4 Å². The Bertz CT molecular complexity index is 1210. The third kappa shape index (κ3) is 3.63. The zero-order valence-electron chi connectivity index (χ0n) is 18.1. The summed E-state index contributed by atoms with van der Waals surface area (Å²) in [7, 11) is 1.14. The normalized spacial score (nSPS) is 11.7. The molecule has 0 radical (unpaired) electrons. The molecule has 0 N–H and O–H groups in total. The molecule has 0 fully saturated rings. The predicted molar refractivity (Wildman–Crippen MR) is 118 cm³/mol. The molecule has 8 heteroatoms. The molecule has 0 bridgehead atoms. The van der Waals surface area contributed by atoms with Gasteiger partial charge >= 0.3 is 0 Å². The van der Waals surface area contributed by atoms with Crippen LogP contribution in [0.4, 0.5) is 5.69 Å². The summed E-state index contributed by atoms with van der Waals surface area (Å²) >= 11 is 0. The number of nitrogens with zero attached hydrogens (tertiary/aromatic N) is 3. The number of aromatic nitrogens is 2. The standard InChI is InChI=1S/C22H27N3O4S/c1-15(2)21-16(3)23(4)25(22(21)26)18-9-13-20(14-10-18)30(27,28)24(5)17-7-11-19(29-6)12-8-17/h7-15H,1-6H3. The zero-order chi connectivity index (χ0) is 22.2. The number of anilines is 1. The van der Waals surface area contributed by atoms with E-state index in [4.69, 9.17) is 4.74 Å². The van der Waals surface area contributed by atoms with Crippen molar-refractivity contribution in [1.82, 2.24) is 9.36 Å². The molecule has 30 heavy (non-hydrogen) atoms. The van der Waals surface area contributed by atoms with Crippen LogP contribution in [-0.2, 0) is 17.1 Å². The Morgan fingerprint density at radius 1 is 1.00 bits per heavy atom. The van der Waals surface area contributed by atoms with Crippen molar-refractivity contribution in [2.45, 2.75) is 31.6 Å². The van der Waals surface area contributed by atoms with Crippen molar-refractivity contribution >= 4 is 15.7 Å². The van der Waals surface area contributed by atoms with Crippen molar-refractivity contribution in [2.75, 3.05) is 18.5 Å².